The van der Waals surface area contributed by atoms with Gasteiger partial charge >= 0.3 is 0 Å². The van der Waals surface area contributed by atoms with E-state index in [4.69, 9.17) is 17.4 Å². The number of hydrazine groups is 1. The van der Waals surface area contributed by atoms with Gasteiger partial charge in [-0.3, -0.25) is 11.3 Å². The molecule has 0 aliphatic heterocycles. The van der Waals surface area contributed by atoms with Crippen molar-refractivity contribution >= 4 is 11.6 Å². The molecule has 1 aromatic rings. The molecule has 0 bridgehead atoms. The molecule has 3 N–H and O–H groups in total. The Labute approximate surface area is 114 Å². The SMILES string of the molecule is CCC(CC)CC(Cc1cccc(Cl)c1F)NN. The van der Waals surface area contributed by atoms with Crippen molar-refractivity contribution in [1.82, 2.24) is 5.43 Å². The molecule has 0 radical (unpaired) electrons. The Kier molecular flexibility index (Phi) is 6.61. The minimum atomic E-state index is -0.330. The van der Waals surface area contributed by atoms with E-state index in [9.17, 15) is 4.39 Å². The maximum Gasteiger partial charge on any atom is 0.145 e. The Morgan fingerprint density at radius 1 is 1.33 bits per heavy atom. The second-order valence-corrected chi connectivity index (χ2v) is 5.11. The number of hydrogen-bond acceptors (Lipinski definition) is 2. The summed E-state index contributed by atoms with van der Waals surface area (Å²) in [7, 11) is 0. The zero-order valence-corrected chi connectivity index (χ0v) is 11.8. The second-order valence-electron chi connectivity index (χ2n) is 4.70. The van der Waals surface area contributed by atoms with E-state index in [1.165, 1.54) is 0 Å². The van der Waals surface area contributed by atoms with Crippen LogP contribution in [0, 0.1) is 11.7 Å². The first-order valence-electron chi connectivity index (χ1n) is 6.51. The molecule has 0 spiro atoms. The molecule has 102 valence electrons. The molecule has 0 aliphatic rings. The highest BCUT2D eigenvalue weighted by Crippen LogP contribution is 2.22. The predicted molar refractivity (Wildman–Crippen MR) is 74.9 cm³/mol. The number of nitrogens with one attached hydrogen (secondary N) is 1. The third-order valence-corrected chi connectivity index (χ3v) is 3.80. The van der Waals surface area contributed by atoms with E-state index in [1.54, 1.807) is 18.2 Å². The largest absolute Gasteiger partial charge is 0.271 e. The Bertz CT molecular complexity index is 367. The normalized spacial score (nSPS) is 13.0. The van der Waals surface area contributed by atoms with Crippen LogP contribution in [0.2, 0.25) is 5.02 Å². The minimum absolute atomic E-state index is 0.0860. The summed E-state index contributed by atoms with van der Waals surface area (Å²) in [4.78, 5) is 0. The van der Waals surface area contributed by atoms with E-state index in [-0.39, 0.29) is 16.9 Å². The van der Waals surface area contributed by atoms with Gasteiger partial charge < -0.3 is 0 Å². The average molecular weight is 273 g/mol. The molecule has 4 heteroatoms. The summed E-state index contributed by atoms with van der Waals surface area (Å²) >= 11 is 5.77. The third-order valence-electron chi connectivity index (χ3n) is 3.51. The fraction of sp³-hybridized carbons (Fsp3) is 0.571. The number of rotatable bonds is 7. The molecule has 1 aromatic carbocycles. The van der Waals surface area contributed by atoms with Crippen molar-refractivity contribution in [3.63, 3.8) is 0 Å². The van der Waals surface area contributed by atoms with Crippen molar-refractivity contribution in [2.45, 2.75) is 45.6 Å². The van der Waals surface area contributed by atoms with E-state index in [1.807, 2.05) is 0 Å². The molecule has 0 fully saturated rings. The first-order valence-corrected chi connectivity index (χ1v) is 6.89. The van der Waals surface area contributed by atoms with E-state index in [0.29, 0.717) is 17.9 Å². The molecule has 0 heterocycles. The van der Waals surface area contributed by atoms with Crippen LogP contribution in [0.25, 0.3) is 0 Å². The van der Waals surface area contributed by atoms with Crippen LogP contribution >= 0.6 is 11.6 Å². The lowest BCUT2D eigenvalue weighted by atomic mass is 9.92. The highest BCUT2D eigenvalue weighted by Gasteiger charge is 2.16. The van der Waals surface area contributed by atoms with Crippen LogP contribution < -0.4 is 11.3 Å². The highest BCUT2D eigenvalue weighted by molar-refractivity contribution is 6.30. The van der Waals surface area contributed by atoms with Crippen molar-refractivity contribution in [3.05, 3.63) is 34.6 Å². The van der Waals surface area contributed by atoms with Gasteiger partial charge in [0.1, 0.15) is 5.82 Å². The monoisotopic (exact) mass is 272 g/mol. The van der Waals surface area contributed by atoms with Crippen LogP contribution in [0.4, 0.5) is 4.39 Å². The van der Waals surface area contributed by atoms with Gasteiger partial charge in [-0.1, -0.05) is 50.4 Å². The Hall–Kier alpha value is -0.640. The molecule has 2 nitrogen and oxygen atoms in total. The fourth-order valence-electron chi connectivity index (χ4n) is 2.21. The van der Waals surface area contributed by atoms with Crippen LogP contribution in [0.1, 0.15) is 38.7 Å². The minimum Gasteiger partial charge on any atom is -0.271 e. The number of halogens is 2. The van der Waals surface area contributed by atoms with Crippen molar-refractivity contribution < 1.29 is 4.39 Å². The molecule has 0 saturated carbocycles. The Morgan fingerprint density at radius 2 is 2.00 bits per heavy atom. The standard InChI is InChI=1S/C14H22ClFN2/c1-3-10(4-2)8-12(18-17)9-11-6-5-7-13(15)14(11)16/h5-7,10,12,18H,3-4,8-9,17H2,1-2H3. The maximum absolute atomic E-state index is 13.8. The maximum atomic E-state index is 13.8. The fourth-order valence-corrected chi connectivity index (χ4v) is 2.40. The van der Waals surface area contributed by atoms with Crippen LogP contribution in [0.3, 0.4) is 0 Å². The average Bonchev–Trinajstić information content (AvgIpc) is 2.39. The van der Waals surface area contributed by atoms with Gasteiger partial charge in [0, 0.05) is 6.04 Å². The molecular formula is C14H22ClFN2. The van der Waals surface area contributed by atoms with E-state index < -0.39 is 0 Å². The molecule has 1 unspecified atom stereocenters. The van der Waals surface area contributed by atoms with Gasteiger partial charge in [-0.05, 0) is 30.4 Å². The summed E-state index contributed by atoms with van der Waals surface area (Å²) in [6.07, 6.45) is 3.76. The number of nitrogens with two attached hydrogens (primary N) is 1. The summed E-state index contributed by atoms with van der Waals surface area (Å²) in [6, 6.07) is 5.18. The molecule has 0 amide bonds. The van der Waals surface area contributed by atoms with E-state index in [2.05, 4.69) is 19.3 Å². The molecule has 0 saturated heterocycles. The van der Waals surface area contributed by atoms with Gasteiger partial charge in [-0.2, -0.15) is 0 Å². The zero-order valence-electron chi connectivity index (χ0n) is 11.0. The topological polar surface area (TPSA) is 38.0 Å². The third kappa shape index (κ3) is 4.23. The summed E-state index contributed by atoms with van der Waals surface area (Å²) in [5, 5.41) is 0.172. The van der Waals surface area contributed by atoms with Crippen LogP contribution in [0.15, 0.2) is 18.2 Å². The van der Waals surface area contributed by atoms with E-state index in [0.717, 1.165) is 19.3 Å². The number of benzene rings is 1. The summed E-state index contributed by atoms with van der Waals surface area (Å²) in [5.41, 5.74) is 3.41. The molecule has 0 aromatic heterocycles. The lowest BCUT2D eigenvalue weighted by molar-refractivity contribution is 0.364. The van der Waals surface area contributed by atoms with Crippen LogP contribution in [-0.4, -0.2) is 6.04 Å². The quantitative estimate of drug-likeness (QED) is 0.587. The Balaban J connectivity index is 2.70. The van der Waals surface area contributed by atoms with E-state index >= 15 is 0 Å². The highest BCUT2D eigenvalue weighted by atomic mass is 35.5. The molecular weight excluding hydrogens is 251 g/mol. The van der Waals surface area contributed by atoms with Crippen molar-refractivity contribution in [2.24, 2.45) is 11.8 Å². The number of hydrogen-bond donors (Lipinski definition) is 2. The molecule has 1 rings (SSSR count). The summed E-state index contributed by atoms with van der Waals surface area (Å²) < 4.78 is 13.8. The van der Waals surface area contributed by atoms with Gasteiger partial charge in [0.15, 0.2) is 0 Å². The van der Waals surface area contributed by atoms with Crippen molar-refractivity contribution in [1.29, 1.82) is 0 Å². The van der Waals surface area contributed by atoms with Gasteiger partial charge in [-0.25, -0.2) is 4.39 Å². The van der Waals surface area contributed by atoms with Crippen molar-refractivity contribution in [3.8, 4) is 0 Å². The molecule has 1 atom stereocenters. The smallest absolute Gasteiger partial charge is 0.145 e. The van der Waals surface area contributed by atoms with Gasteiger partial charge in [0.25, 0.3) is 0 Å². The first kappa shape index (κ1) is 15.4. The Morgan fingerprint density at radius 3 is 2.56 bits per heavy atom. The first-order chi connectivity index (χ1) is 8.62. The summed E-state index contributed by atoms with van der Waals surface area (Å²) in [5.74, 6) is 5.85. The molecule has 18 heavy (non-hydrogen) atoms. The second kappa shape index (κ2) is 7.72. The van der Waals surface area contributed by atoms with Gasteiger partial charge in [-0.15, -0.1) is 0 Å². The van der Waals surface area contributed by atoms with Crippen molar-refractivity contribution in [2.75, 3.05) is 0 Å². The van der Waals surface area contributed by atoms with Crippen LogP contribution in [-0.2, 0) is 6.42 Å². The molecule has 0 aliphatic carbocycles. The van der Waals surface area contributed by atoms with Gasteiger partial charge in [0.2, 0.25) is 0 Å². The lowest BCUT2D eigenvalue weighted by Crippen LogP contribution is -2.38. The lowest BCUT2D eigenvalue weighted by Gasteiger charge is -2.21. The predicted octanol–water partition coefficient (Wildman–Crippen LogP) is 3.68. The van der Waals surface area contributed by atoms with Crippen LogP contribution in [0.5, 0.6) is 0 Å². The zero-order chi connectivity index (χ0) is 13.5. The van der Waals surface area contributed by atoms with Gasteiger partial charge in [0.05, 0.1) is 5.02 Å². The summed E-state index contributed by atoms with van der Waals surface area (Å²) in [6.45, 7) is 4.34.